The summed E-state index contributed by atoms with van der Waals surface area (Å²) in [4.78, 5) is 14.6. The molecule has 1 amide bonds. The molecule has 25 heavy (non-hydrogen) atoms. The van der Waals surface area contributed by atoms with Crippen LogP contribution in [0.2, 0.25) is 5.02 Å². The van der Waals surface area contributed by atoms with Crippen LogP contribution in [0.15, 0.2) is 41.1 Å². The van der Waals surface area contributed by atoms with Crippen LogP contribution in [0, 0.1) is 0 Å². The molecule has 0 radical (unpaired) electrons. The van der Waals surface area contributed by atoms with E-state index in [4.69, 9.17) is 16.3 Å². The van der Waals surface area contributed by atoms with Crippen molar-refractivity contribution in [3.05, 3.63) is 57.2 Å². The first-order chi connectivity index (χ1) is 12.2. The van der Waals surface area contributed by atoms with E-state index in [1.54, 1.807) is 11.3 Å². The number of aryl methyl sites for hydroxylation is 1. The quantitative estimate of drug-likeness (QED) is 0.801. The van der Waals surface area contributed by atoms with Gasteiger partial charge in [-0.25, -0.2) is 0 Å². The third-order valence-corrected chi connectivity index (χ3v) is 5.54. The Morgan fingerprint density at radius 1 is 1.28 bits per heavy atom. The van der Waals surface area contributed by atoms with Gasteiger partial charge >= 0.3 is 0 Å². The van der Waals surface area contributed by atoms with Gasteiger partial charge in [0.1, 0.15) is 0 Å². The zero-order valence-corrected chi connectivity index (χ0v) is 15.7. The van der Waals surface area contributed by atoms with Crippen molar-refractivity contribution in [1.82, 2.24) is 10.2 Å². The Bertz CT molecular complexity index is 672. The zero-order chi connectivity index (χ0) is 17.5. The molecular weight excluding hydrogens is 356 g/mol. The fraction of sp³-hybridized carbons (Fsp3) is 0.421. The summed E-state index contributed by atoms with van der Waals surface area (Å²) in [6.07, 6.45) is 1.29. The molecule has 0 saturated carbocycles. The van der Waals surface area contributed by atoms with Gasteiger partial charge in [-0.3, -0.25) is 9.69 Å². The number of hydrogen-bond donors (Lipinski definition) is 1. The second-order valence-electron chi connectivity index (χ2n) is 6.12. The Morgan fingerprint density at radius 3 is 2.80 bits per heavy atom. The van der Waals surface area contributed by atoms with Crippen molar-refractivity contribution in [3.63, 3.8) is 0 Å². The smallest absolute Gasteiger partial charge is 0.220 e. The molecule has 0 spiro atoms. The van der Waals surface area contributed by atoms with E-state index in [1.165, 1.54) is 5.56 Å². The number of carbonyl (C=O) groups excluding carboxylic acids is 1. The third-order valence-electron chi connectivity index (χ3n) is 4.46. The number of nitrogens with one attached hydrogen (secondary N) is 1. The first-order valence-corrected chi connectivity index (χ1v) is 9.90. The Labute approximate surface area is 157 Å². The van der Waals surface area contributed by atoms with E-state index in [0.29, 0.717) is 26.2 Å². The predicted molar refractivity (Wildman–Crippen MR) is 102 cm³/mol. The molecular formula is C19H23ClN2O2S. The molecule has 1 saturated heterocycles. The number of nitrogens with zero attached hydrogens (tertiary/aromatic N) is 1. The second-order valence-corrected chi connectivity index (χ2v) is 7.31. The number of benzene rings is 1. The number of hydrogen-bond acceptors (Lipinski definition) is 4. The minimum absolute atomic E-state index is 0.0719. The molecule has 1 aliphatic rings. The Morgan fingerprint density at radius 2 is 2.08 bits per heavy atom. The van der Waals surface area contributed by atoms with Crippen LogP contribution in [0.25, 0.3) is 0 Å². The molecule has 134 valence electrons. The number of amides is 1. The summed E-state index contributed by atoms with van der Waals surface area (Å²) in [6, 6.07) is 10.0. The van der Waals surface area contributed by atoms with Gasteiger partial charge in [-0.15, -0.1) is 0 Å². The van der Waals surface area contributed by atoms with Crippen LogP contribution < -0.4 is 5.32 Å². The average Bonchev–Trinajstić information content (AvgIpc) is 3.16. The van der Waals surface area contributed by atoms with Crippen LogP contribution in [-0.2, 0) is 16.0 Å². The van der Waals surface area contributed by atoms with Crippen LogP contribution in [-0.4, -0.2) is 43.7 Å². The second kappa shape index (κ2) is 9.34. The fourth-order valence-electron chi connectivity index (χ4n) is 3.06. The number of rotatable bonds is 7. The number of ether oxygens (including phenoxy) is 1. The maximum absolute atomic E-state index is 12.3. The lowest BCUT2D eigenvalue weighted by Gasteiger charge is -2.35. The van der Waals surface area contributed by atoms with Gasteiger partial charge in [0.15, 0.2) is 0 Å². The predicted octanol–water partition coefficient (Wildman–Crippen LogP) is 3.52. The van der Waals surface area contributed by atoms with E-state index in [1.807, 2.05) is 29.6 Å². The summed E-state index contributed by atoms with van der Waals surface area (Å²) in [5, 5.41) is 7.97. The van der Waals surface area contributed by atoms with Crippen molar-refractivity contribution in [3.8, 4) is 0 Å². The van der Waals surface area contributed by atoms with Gasteiger partial charge < -0.3 is 10.1 Å². The zero-order valence-electron chi connectivity index (χ0n) is 14.1. The molecule has 1 atom stereocenters. The lowest BCUT2D eigenvalue weighted by atomic mass is 10.0. The SMILES string of the molecule is O=C(CCc1ccsc1)NCC(c1ccccc1Cl)N1CCOCC1. The first kappa shape index (κ1) is 18.4. The van der Waals surface area contributed by atoms with Gasteiger partial charge in [-0.05, 0) is 40.4 Å². The van der Waals surface area contributed by atoms with Crippen LogP contribution in [0.1, 0.15) is 23.6 Å². The molecule has 6 heteroatoms. The number of thiophene rings is 1. The monoisotopic (exact) mass is 378 g/mol. The minimum Gasteiger partial charge on any atom is -0.379 e. The number of carbonyl (C=O) groups is 1. The van der Waals surface area contributed by atoms with E-state index in [-0.39, 0.29) is 11.9 Å². The largest absolute Gasteiger partial charge is 0.379 e. The van der Waals surface area contributed by atoms with E-state index < -0.39 is 0 Å². The first-order valence-electron chi connectivity index (χ1n) is 8.58. The molecule has 1 aromatic heterocycles. The summed E-state index contributed by atoms with van der Waals surface area (Å²) in [7, 11) is 0. The maximum Gasteiger partial charge on any atom is 0.220 e. The lowest BCUT2D eigenvalue weighted by Crippen LogP contribution is -2.44. The molecule has 1 aromatic carbocycles. The highest BCUT2D eigenvalue weighted by molar-refractivity contribution is 7.07. The van der Waals surface area contributed by atoms with Crippen LogP contribution in [0.4, 0.5) is 0 Å². The molecule has 3 rings (SSSR count). The number of morpholine rings is 1. The maximum atomic E-state index is 12.3. The van der Waals surface area contributed by atoms with Crippen molar-refractivity contribution in [2.24, 2.45) is 0 Å². The summed E-state index contributed by atoms with van der Waals surface area (Å²) in [6.45, 7) is 3.69. The van der Waals surface area contributed by atoms with Crippen molar-refractivity contribution in [2.45, 2.75) is 18.9 Å². The standard InChI is InChI=1S/C19H23ClN2O2S/c20-17-4-2-1-3-16(17)18(22-8-10-24-11-9-22)13-21-19(23)6-5-15-7-12-25-14-15/h1-4,7,12,14,18H,5-6,8-11,13H2,(H,21,23). The van der Waals surface area contributed by atoms with E-state index in [9.17, 15) is 4.79 Å². The molecule has 1 aliphatic heterocycles. The van der Waals surface area contributed by atoms with Gasteiger partial charge in [0, 0.05) is 31.1 Å². The highest BCUT2D eigenvalue weighted by Crippen LogP contribution is 2.27. The number of halogens is 1. The van der Waals surface area contributed by atoms with E-state index in [0.717, 1.165) is 30.1 Å². The Hall–Kier alpha value is -1.40. The molecule has 1 fully saturated rings. The minimum atomic E-state index is 0.0719. The van der Waals surface area contributed by atoms with E-state index in [2.05, 4.69) is 21.7 Å². The molecule has 4 nitrogen and oxygen atoms in total. The molecule has 2 heterocycles. The normalized spacial score (nSPS) is 16.5. The summed E-state index contributed by atoms with van der Waals surface area (Å²) < 4.78 is 5.46. The fourth-order valence-corrected chi connectivity index (χ4v) is 4.03. The molecule has 2 aromatic rings. The van der Waals surface area contributed by atoms with Gasteiger partial charge in [0.2, 0.25) is 5.91 Å². The van der Waals surface area contributed by atoms with Crippen molar-refractivity contribution >= 4 is 28.8 Å². The summed E-state index contributed by atoms with van der Waals surface area (Å²) in [5.74, 6) is 0.0801. The highest BCUT2D eigenvalue weighted by Gasteiger charge is 2.24. The van der Waals surface area contributed by atoms with Crippen LogP contribution >= 0.6 is 22.9 Å². The summed E-state index contributed by atoms with van der Waals surface area (Å²) >= 11 is 8.08. The van der Waals surface area contributed by atoms with Crippen molar-refractivity contribution < 1.29 is 9.53 Å². The van der Waals surface area contributed by atoms with Crippen LogP contribution in [0.3, 0.4) is 0 Å². The van der Waals surface area contributed by atoms with Crippen LogP contribution in [0.5, 0.6) is 0 Å². The Balaban J connectivity index is 1.61. The molecule has 1 unspecified atom stereocenters. The van der Waals surface area contributed by atoms with Gasteiger partial charge in [-0.2, -0.15) is 11.3 Å². The molecule has 0 bridgehead atoms. The average molecular weight is 379 g/mol. The van der Waals surface area contributed by atoms with Gasteiger partial charge in [0.25, 0.3) is 0 Å². The Kier molecular flexibility index (Phi) is 6.87. The molecule has 0 aliphatic carbocycles. The lowest BCUT2D eigenvalue weighted by molar-refractivity contribution is -0.121. The summed E-state index contributed by atoms with van der Waals surface area (Å²) in [5.41, 5.74) is 2.28. The van der Waals surface area contributed by atoms with Gasteiger partial charge in [-0.1, -0.05) is 29.8 Å². The van der Waals surface area contributed by atoms with Crippen molar-refractivity contribution in [1.29, 1.82) is 0 Å². The van der Waals surface area contributed by atoms with Crippen molar-refractivity contribution in [2.75, 3.05) is 32.8 Å². The third kappa shape index (κ3) is 5.28. The van der Waals surface area contributed by atoms with Gasteiger partial charge in [0.05, 0.1) is 19.3 Å². The molecule has 1 N–H and O–H groups in total. The topological polar surface area (TPSA) is 41.6 Å². The van der Waals surface area contributed by atoms with E-state index >= 15 is 0 Å². The highest BCUT2D eigenvalue weighted by atomic mass is 35.5.